The van der Waals surface area contributed by atoms with Gasteiger partial charge in [0.2, 0.25) is 11.5 Å². The lowest BCUT2D eigenvalue weighted by Crippen LogP contribution is -1.91. The second-order valence-corrected chi connectivity index (χ2v) is 4.22. The van der Waals surface area contributed by atoms with E-state index in [9.17, 15) is 4.79 Å². The van der Waals surface area contributed by atoms with Gasteiger partial charge in [-0.1, -0.05) is 29.8 Å². The molecule has 0 amide bonds. The van der Waals surface area contributed by atoms with Crippen LogP contribution in [0, 0.1) is 6.92 Å². The Balaban J connectivity index is 2.23. The van der Waals surface area contributed by atoms with Crippen molar-refractivity contribution in [2.24, 2.45) is 0 Å². The normalized spacial score (nSPS) is 10.8. The van der Waals surface area contributed by atoms with E-state index in [1.807, 2.05) is 31.2 Å². The first-order valence-corrected chi connectivity index (χ1v) is 5.70. The second kappa shape index (κ2) is 4.20. The summed E-state index contributed by atoms with van der Waals surface area (Å²) in [4.78, 5) is 19.1. The molecule has 0 atom stereocenters. The van der Waals surface area contributed by atoms with Crippen LogP contribution in [0.25, 0.3) is 22.4 Å². The number of aromatic nitrogens is 2. The smallest absolute Gasteiger partial charge is 0.371 e. The Morgan fingerprint density at radius 3 is 2.63 bits per heavy atom. The van der Waals surface area contributed by atoms with E-state index in [4.69, 9.17) is 9.52 Å². The molecule has 2 aromatic heterocycles. The molecule has 0 aliphatic rings. The van der Waals surface area contributed by atoms with Crippen LogP contribution in [0.2, 0.25) is 0 Å². The van der Waals surface area contributed by atoms with Crippen molar-refractivity contribution in [3.63, 3.8) is 0 Å². The summed E-state index contributed by atoms with van der Waals surface area (Å²) in [5, 5.41) is 9.54. The molecule has 0 saturated carbocycles. The van der Waals surface area contributed by atoms with E-state index >= 15 is 0 Å². The molecule has 0 radical (unpaired) electrons. The van der Waals surface area contributed by atoms with Crippen molar-refractivity contribution in [1.29, 1.82) is 0 Å². The number of carboxylic acids is 1. The molecular formula is C14H10N2O3. The van der Waals surface area contributed by atoms with Gasteiger partial charge in [-0.15, -0.1) is 0 Å². The maximum Gasteiger partial charge on any atom is 0.371 e. The first kappa shape index (κ1) is 11.4. The Bertz CT molecular complexity index is 760. The standard InChI is InChI=1S/C14H10N2O3/c1-8-2-4-9(5-3-8)12-10-6-11(14(17)18)19-13(10)16-7-15-12/h2-7H,1H3,(H,17,18). The van der Waals surface area contributed by atoms with Gasteiger partial charge in [0.25, 0.3) is 0 Å². The number of fused-ring (bicyclic) bond motifs is 1. The fourth-order valence-electron chi connectivity index (χ4n) is 1.90. The van der Waals surface area contributed by atoms with Crippen LogP contribution in [0.3, 0.4) is 0 Å². The number of nitrogens with zero attached hydrogens (tertiary/aromatic N) is 2. The molecule has 5 heteroatoms. The average Bonchev–Trinajstić information content (AvgIpc) is 2.83. The molecule has 2 heterocycles. The number of hydrogen-bond donors (Lipinski definition) is 1. The van der Waals surface area contributed by atoms with Gasteiger partial charge in [0.15, 0.2) is 0 Å². The summed E-state index contributed by atoms with van der Waals surface area (Å²) in [5.74, 6) is -1.25. The van der Waals surface area contributed by atoms with Gasteiger partial charge in [0.05, 0.1) is 11.1 Å². The molecule has 3 aromatic rings. The Kier molecular flexibility index (Phi) is 2.52. The third-order valence-electron chi connectivity index (χ3n) is 2.87. The predicted molar refractivity (Wildman–Crippen MR) is 68.9 cm³/mol. The zero-order valence-corrected chi connectivity index (χ0v) is 10.1. The van der Waals surface area contributed by atoms with E-state index in [0.717, 1.165) is 11.1 Å². The molecule has 1 aromatic carbocycles. The van der Waals surface area contributed by atoms with Gasteiger partial charge in [-0.3, -0.25) is 0 Å². The fraction of sp³-hybridized carbons (Fsp3) is 0.0714. The highest BCUT2D eigenvalue weighted by Crippen LogP contribution is 2.27. The first-order chi connectivity index (χ1) is 9.15. The number of hydrogen-bond acceptors (Lipinski definition) is 4. The molecular weight excluding hydrogens is 244 g/mol. The Morgan fingerprint density at radius 1 is 1.21 bits per heavy atom. The molecule has 0 aliphatic carbocycles. The molecule has 0 aliphatic heterocycles. The van der Waals surface area contributed by atoms with Crippen LogP contribution in [0.1, 0.15) is 16.1 Å². The highest BCUT2D eigenvalue weighted by molar-refractivity contribution is 5.95. The van der Waals surface area contributed by atoms with Crippen molar-refractivity contribution in [2.75, 3.05) is 0 Å². The lowest BCUT2D eigenvalue weighted by atomic mass is 10.1. The summed E-state index contributed by atoms with van der Waals surface area (Å²) in [6.07, 6.45) is 1.37. The van der Waals surface area contributed by atoms with Crippen molar-refractivity contribution in [3.8, 4) is 11.3 Å². The van der Waals surface area contributed by atoms with Crippen LogP contribution >= 0.6 is 0 Å². The Morgan fingerprint density at radius 2 is 1.95 bits per heavy atom. The predicted octanol–water partition coefficient (Wildman–Crippen LogP) is 2.90. The van der Waals surface area contributed by atoms with Crippen LogP contribution in [0.5, 0.6) is 0 Å². The van der Waals surface area contributed by atoms with Gasteiger partial charge < -0.3 is 9.52 Å². The minimum absolute atomic E-state index is 0.135. The first-order valence-electron chi connectivity index (χ1n) is 5.70. The summed E-state index contributed by atoms with van der Waals surface area (Å²) < 4.78 is 5.16. The summed E-state index contributed by atoms with van der Waals surface area (Å²) >= 11 is 0. The zero-order valence-electron chi connectivity index (χ0n) is 10.1. The van der Waals surface area contributed by atoms with Gasteiger partial charge in [-0.2, -0.15) is 0 Å². The number of carboxylic acid groups (broad SMARTS) is 1. The van der Waals surface area contributed by atoms with Gasteiger partial charge in [-0.05, 0) is 6.92 Å². The molecule has 0 fully saturated rings. The highest BCUT2D eigenvalue weighted by atomic mass is 16.4. The molecule has 0 unspecified atom stereocenters. The molecule has 94 valence electrons. The van der Waals surface area contributed by atoms with Crippen molar-refractivity contribution >= 4 is 17.1 Å². The van der Waals surface area contributed by atoms with E-state index in [0.29, 0.717) is 11.1 Å². The average molecular weight is 254 g/mol. The summed E-state index contributed by atoms with van der Waals surface area (Å²) in [7, 11) is 0. The number of aromatic carboxylic acids is 1. The lowest BCUT2D eigenvalue weighted by molar-refractivity contribution is 0.0664. The third-order valence-corrected chi connectivity index (χ3v) is 2.87. The van der Waals surface area contributed by atoms with E-state index in [-0.39, 0.29) is 11.5 Å². The number of carbonyl (C=O) groups is 1. The molecule has 5 nitrogen and oxygen atoms in total. The monoisotopic (exact) mass is 254 g/mol. The second-order valence-electron chi connectivity index (χ2n) is 4.22. The Hall–Kier alpha value is -2.69. The summed E-state index contributed by atoms with van der Waals surface area (Å²) in [5.41, 5.74) is 2.99. The number of rotatable bonds is 2. The van der Waals surface area contributed by atoms with Crippen LogP contribution in [-0.2, 0) is 0 Å². The largest absolute Gasteiger partial charge is 0.475 e. The Labute approximate surface area is 108 Å². The zero-order chi connectivity index (χ0) is 13.4. The quantitative estimate of drug-likeness (QED) is 0.760. The molecule has 1 N–H and O–H groups in total. The van der Waals surface area contributed by atoms with Crippen LogP contribution in [-0.4, -0.2) is 21.0 Å². The number of aryl methyl sites for hydroxylation is 1. The number of furan rings is 1. The van der Waals surface area contributed by atoms with Crippen LogP contribution in [0.15, 0.2) is 41.1 Å². The van der Waals surface area contributed by atoms with E-state index in [1.54, 1.807) is 0 Å². The minimum Gasteiger partial charge on any atom is -0.475 e. The van der Waals surface area contributed by atoms with Crippen molar-refractivity contribution in [3.05, 3.63) is 48.0 Å². The molecule has 0 saturated heterocycles. The summed E-state index contributed by atoms with van der Waals surface area (Å²) in [6.45, 7) is 2.00. The van der Waals surface area contributed by atoms with Gasteiger partial charge in [0, 0.05) is 11.6 Å². The molecule has 3 rings (SSSR count). The molecule has 0 bridgehead atoms. The van der Waals surface area contributed by atoms with Gasteiger partial charge in [0.1, 0.15) is 6.33 Å². The minimum atomic E-state index is -1.12. The third kappa shape index (κ3) is 1.95. The highest BCUT2D eigenvalue weighted by Gasteiger charge is 2.15. The van der Waals surface area contributed by atoms with Gasteiger partial charge >= 0.3 is 5.97 Å². The van der Waals surface area contributed by atoms with Crippen LogP contribution in [0.4, 0.5) is 0 Å². The van der Waals surface area contributed by atoms with Crippen molar-refractivity contribution < 1.29 is 14.3 Å². The van der Waals surface area contributed by atoms with Gasteiger partial charge in [-0.25, -0.2) is 14.8 Å². The van der Waals surface area contributed by atoms with E-state index < -0.39 is 5.97 Å². The van der Waals surface area contributed by atoms with Crippen molar-refractivity contribution in [1.82, 2.24) is 9.97 Å². The molecule has 0 spiro atoms. The maximum atomic E-state index is 10.9. The lowest BCUT2D eigenvalue weighted by Gasteiger charge is -2.01. The SMILES string of the molecule is Cc1ccc(-c2ncnc3oc(C(=O)O)cc23)cc1. The topological polar surface area (TPSA) is 76.2 Å². The maximum absolute atomic E-state index is 10.9. The van der Waals surface area contributed by atoms with E-state index in [1.165, 1.54) is 12.4 Å². The van der Waals surface area contributed by atoms with Crippen molar-refractivity contribution in [2.45, 2.75) is 6.92 Å². The summed E-state index contributed by atoms with van der Waals surface area (Å²) in [6, 6.07) is 9.27. The number of benzene rings is 1. The molecule has 19 heavy (non-hydrogen) atoms. The van der Waals surface area contributed by atoms with E-state index in [2.05, 4.69) is 9.97 Å². The van der Waals surface area contributed by atoms with Crippen LogP contribution < -0.4 is 0 Å². The fourth-order valence-corrected chi connectivity index (χ4v) is 1.90.